The van der Waals surface area contributed by atoms with Crippen molar-refractivity contribution in [3.8, 4) is 5.75 Å². The molecule has 0 heterocycles. The van der Waals surface area contributed by atoms with E-state index in [0.29, 0.717) is 17.9 Å². The largest absolute Gasteiger partial charge is 0.496 e. The minimum Gasteiger partial charge on any atom is -0.496 e. The molecular weight excluding hydrogens is 300 g/mol. The molecule has 0 atom stereocenters. The molecule has 7 nitrogen and oxygen atoms in total. The van der Waals surface area contributed by atoms with Gasteiger partial charge in [0.15, 0.2) is 0 Å². The normalized spacial score (nSPS) is 9.87. The zero-order valence-electron chi connectivity index (χ0n) is 13.6. The Morgan fingerprint density at radius 2 is 1.83 bits per heavy atom. The second kappa shape index (κ2) is 9.45. The molecule has 0 saturated carbocycles. The van der Waals surface area contributed by atoms with Crippen LogP contribution in [0.4, 0.5) is 0 Å². The maximum absolute atomic E-state index is 12.7. The second-order valence-corrected chi connectivity index (χ2v) is 4.80. The molecule has 0 aromatic heterocycles. The molecular formula is C16H22N2O5. The lowest BCUT2D eigenvalue weighted by Crippen LogP contribution is -2.39. The van der Waals surface area contributed by atoms with Crippen molar-refractivity contribution in [2.24, 2.45) is 0 Å². The first-order valence-corrected chi connectivity index (χ1v) is 7.23. The van der Waals surface area contributed by atoms with Crippen LogP contribution in [0.15, 0.2) is 24.3 Å². The van der Waals surface area contributed by atoms with Crippen LogP contribution in [0, 0.1) is 0 Å². The summed E-state index contributed by atoms with van der Waals surface area (Å²) in [5.41, 5.74) is 0.405. The molecule has 1 aromatic rings. The zero-order valence-corrected chi connectivity index (χ0v) is 13.6. The van der Waals surface area contributed by atoms with Crippen molar-refractivity contribution in [1.29, 1.82) is 0 Å². The van der Waals surface area contributed by atoms with Gasteiger partial charge in [-0.15, -0.1) is 0 Å². The smallest absolute Gasteiger partial charge is 0.307 e. The summed E-state index contributed by atoms with van der Waals surface area (Å²) in [6, 6.07) is 6.86. The zero-order chi connectivity index (χ0) is 17.2. The van der Waals surface area contributed by atoms with Crippen molar-refractivity contribution >= 4 is 17.8 Å². The van der Waals surface area contributed by atoms with Crippen LogP contribution in [0.2, 0.25) is 0 Å². The van der Waals surface area contributed by atoms with Crippen LogP contribution in [0.1, 0.15) is 23.7 Å². The van der Waals surface area contributed by atoms with Crippen LogP contribution in [-0.2, 0) is 14.3 Å². The monoisotopic (exact) mass is 322 g/mol. The number of nitrogens with zero attached hydrogens (tertiary/aromatic N) is 1. The summed E-state index contributed by atoms with van der Waals surface area (Å²) in [7, 11) is 2.79. The third kappa shape index (κ3) is 5.98. The molecule has 0 saturated heterocycles. The van der Waals surface area contributed by atoms with E-state index in [9.17, 15) is 14.4 Å². The topological polar surface area (TPSA) is 84.9 Å². The average Bonchev–Trinajstić information content (AvgIpc) is 2.56. The summed E-state index contributed by atoms with van der Waals surface area (Å²) in [5, 5.41) is 2.63. The van der Waals surface area contributed by atoms with E-state index in [1.807, 2.05) is 0 Å². The number of methoxy groups -OCH3 is 2. The Hall–Kier alpha value is -2.57. The van der Waals surface area contributed by atoms with Crippen LogP contribution >= 0.6 is 0 Å². The Morgan fingerprint density at radius 3 is 2.43 bits per heavy atom. The van der Waals surface area contributed by atoms with Crippen molar-refractivity contribution in [3.63, 3.8) is 0 Å². The minimum absolute atomic E-state index is 0.0808. The second-order valence-electron chi connectivity index (χ2n) is 4.80. The fourth-order valence-electron chi connectivity index (χ4n) is 2.00. The molecule has 0 bridgehead atoms. The number of para-hydroxylation sites is 1. The van der Waals surface area contributed by atoms with Gasteiger partial charge in [-0.05, 0) is 12.1 Å². The van der Waals surface area contributed by atoms with Gasteiger partial charge >= 0.3 is 5.97 Å². The van der Waals surface area contributed by atoms with Crippen molar-refractivity contribution in [2.45, 2.75) is 13.3 Å². The van der Waals surface area contributed by atoms with Gasteiger partial charge in [0.2, 0.25) is 5.91 Å². The molecule has 0 spiro atoms. The molecule has 0 aliphatic heterocycles. The first kappa shape index (κ1) is 18.5. The number of carbonyl (C=O) groups is 3. The number of esters is 1. The van der Waals surface area contributed by atoms with Crippen molar-refractivity contribution in [2.75, 3.05) is 33.9 Å². The summed E-state index contributed by atoms with van der Waals surface area (Å²) >= 11 is 0. The first-order valence-electron chi connectivity index (χ1n) is 7.23. The van der Waals surface area contributed by atoms with Crippen LogP contribution in [-0.4, -0.2) is 56.5 Å². The van der Waals surface area contributed by atoms with Gasteiger partial charge in [0.05, 0.1) is 26.2 Å². The van der Waals surface area contributed by atoms with E-state index < -0.39 is 5.97 Å². The predicted molar refractivity (Wildman–Crippen MR) is 84.2 cm³/mol. The Balaban J connectivity index is 2.85. The van der Waals surface area contributed by atoms with Gasteiger partial charge in [0, 0.05) is 26.6 Å². The van der Waals surface area contributed by atoms with Gasteiger partial charge < -0.3 is 19.7 Å². The third-order valence-corrected chi connectivity index (χ3v) is 3.19. The molecule has 0 aliphatic carbocycles. The number of hydrogen-bond donors (Lipinski definition) is 1. The van der Waals surface area contributed by atoms with Crippen LogP contribution in [0.25, 0.3) is 0 Å². The molecule has 0 aliphatic rings. The molecule has 1 N–H and O–H groups in total. The number of ether oxygens (including phenoxy) is 2. The number of benzene rings is 1. The lowest BCUT2D eigenvalue weighted by atomic mass is 10.1. The number of carbonyl (C=O) groups excluding carboxylic acids is 3. The van der Waals surface area contributed by atoms with E-state index in [1.165, 1.54) is 26.0 Å². The van der Waals surface area contributed by atoms with E-state index in [2.05, 4.69) is 10.1 Å². The molecule has 1 aromatic carbocycles. The van der Waals surface area contributed by atoms with Gasteiger partial charge in [-0.2, -0.15) is 0 Å². The van der Waals surface area contributed by atoms with Gasteiger partial charge in [-0.1, -0.05) is 12.1 Å². The van der Waals surface area contributed by atoms with Crippen LogP contribution < -0.4 is 10.1 Å². The van der Waals surface area contributed by atoms with Crippen LogP contribution in [0.5, 0.6) is 5.75 Å². The number of hydrogen-bond acceptors (Lipinski definition) is 5. The van der Waals surface area contributed by atoms with E-state index >= 15 is 0 Å². The highest BCUT2D eigenvalue weighted by molar-refractivity contribution is 5.97. The molecule has 23 heavy (non-hydrogen) atoms. The standard InChI is InChI=1S/C16H22N2O5/c1-12(19)17-9-11-18(10-8-15(20)23-3)16(21)13-6-4-5-7-14(13)22-2/h4-7H,8-11H2,1-3H3,(H,17,19). The summed E-state index contributed by atoms with van der Waals surface area (Å²) in [5.74, 6) is -0.387. The SMILES string of the molecule is COC(=O)CCN(CCNC(C)=O)C(=O)c1ccccc1OC. The lowest BCUT2D eigenvalue weighted by Gasteiger charge is -2.23. The fraction of sp³-hybridized carbons (Fsp3) is 0.438. The first-order chi connectivity index (χ1) is 11.0. The van der Waals surface area contributed by atoms with Gasteiger partial charge in [-0.25, -0.2) is 0 Å². The molecule has 0 fully saturated rings. The van der Waals surface area contributed by atoms with E-state index in [1.54, 1.807) is 24.3 Å². The molecule has 1 rings (SSSR count). The van der Waals surface area contributed by atoms with Crippen molar-refractivity contribution in [1.82, 2.24) is 10.2 Å². The van der Waals surface area contributed by atoms with Gasteiger partial charge in [0.1, 0.15) is 5.75 Å². The summed E-state index contributed by atoms with van der Waals surface area (Å²) < 4.78 is 9.80. The number of amides is 2. The Kier molecular flexibility index (Phi) is 7.59. The van der Waals surface area contributed by atoms with E-state index in [-0.39, 0.29) is 31.3 Å². The summed E-state index contributed by atoms with van der Waals surface area (Å²) in [6.07, 6.45) is 0.0808. The summed E-state index contributed by atoms with van der Waals surface area (Å²) in [4.78, 5) is 36.5. The van der Waals surface area contributed by atoms with E-state index in [4.69, 9.17) is 4.74 Å². The van der Waals surface area contributed by atoms with Crippen molar-refractivity contribution < 1.29 is 23.9 Å². The Bertz CT molecular complexity index is 559. The molecule has 7 heteroatoms. The maximum Gasteiger partial charge on any atom is 0.307 e. The third-order valence-electron chi connectivity index (χ3n) is 3.19. The number of nitrogens with one attached hydrogen (secondary N) is 1. The van der Waals surface area contributed by atoms with Gasteiger partial charge in [0.25, 0.3) is 5.91 Å². The summed E-state index contributed by atoms with van der Waals surface area (Å²) in [6.45, 7) is 2.19. The number of rotatable bonds is 8. The highest BCUT2D eigenvalue weighted by Crippen LogP contribution is 2.19. The molecule has 0 radical (unpaired) electrons. The Morgan fingerprint density at radius 1 is 1.13 bits per heavy atom. The molecule has 2 amide bonds. The minimum atomic E-state index is -0.401. The average molecular weight is 322 g/mol. The predicted octanol–water partition coefficient (Wildman–Crippen LogP) is 0.837. The maximum atomic E-state index is 12.7. The van der Waals surface area contributed by atoms with Gasteiger partial charge in [-0.3, -0.25) is 14.4 Å². The highest BCUT2D eigenvalue weighted by Gasteiger charge is 2.20. The Labute approximate surface area is 135 Å². The fourth-order valence-corrected chi connectivity index (χ4v) is 2.00. The quantitative estimate of drug-likeness (QED) is 0.717. The van der Waals surface area contributed by atoms with Crippen LogP contribution in [0.3, 0.4) is 0 Å². The lowest BCUT2D eigenvalue weighted by molar-refractivity contribution is -0.140. The molecule has 126 valence electrons. The highest BCUT2D eigenvalue weighted by atomic mass is 16.5. The van der Waals surface area contributed by atoms with Crippen molar-refractivity contribution in [3.05, 3.63) is 29.8 Å². The van der Waals surface area contributed by atoms with E-state index in [0.717, 1.165) is 0 Å². The molecule has 0 unspecified atom stereocenters.